The Morgan fingerprint density at radius 1 is 1.50 bits per heavy atom. The Bertz CT molecular complexity index is 289. The van der Waals surface area contributed by atoms with E-state index in [9.17, 15) is 4.39 Å². The fraction of sp³-hybridized carbons (Fsp3) is 0.182. The van der Waals surface area contributed by atoms with E-state index >= 15 is 0 Å². The molecule has 1 rings (SSSR count). The highest BCUT2D eigenvalue weighted by molar-refractivity contribution is 5.32. The molecule has 1 aromatic rings. The van der Waals surface area contributed by atoms with E-state index in [0.29, 0.717) is 0 Å². The van der Waals surface area contributed by atoms with Crippen molar-refractivity contribution in [1.82, 2.24) is 0 Å². The smallest absolute Gasteiger partial charge is 0.123 e. The molecular weight excluding hydrogens is 151 g/mol. The molecule has 0 aliphatic rings. The normalized spacial score (nSPS) is 12.6. The number of benzene rings is 1. The van der Waals surface area contributed by atoms with Crippen LogP contribution in [0, 0.1) is 19.7 Å². The van der Waals surface area contributed by atoms with Crippen LogP contribution in [-0.2, 0) is 0 Å². The molecule has 0 saturated carbocycles. The number of aryl methyl sites for hydroxylation is 1. The average Bonchev–Trinajstić information content (AvgIpc) is 2.08. The van der Waals surface area contributed by atoms with Crippen LogP contribution in [-0.4, -0.2) is 0 Å². The van der Waals surface area contributed by atoms with Crippen LogP contribution in [0.15, 0.2) is 30.9 Å². The Morgan fingerprint density at radius 3 is 2.75 bits per heavy atom. The molecule has 0 fully saturated rings. The number of rotatable bonds is 2. The second-order valence-corrected chi connectivity index (χ2v) is 2.84. The third-order valence-electron chi connectivity index (χ3n) is 1.93. The Labute approximate surface area is 72.7 Å². The molecule has 0 N–H and O–H groups in total. The molecule has 0 aliphatic carbocycles. The zero-order valence-electron chi connectivity index (χ0n) is 7.18. The number of hydrogen-bond donors (Lipinski definition) is 0. The molecule has 0 saturated heterocycles. The minimum atomic E-state index is -0.217. The quantitative estimate of drug-likeness (QED) is 0.587. The van der Waals surface area contributed by atoms with Crippen molar-refractivity contribution in [3.05, 3.63) is 54.7 Å². The van der Waals surface area contributed by atoms with Crippen LogP contribution in [0.2, 0.25) is 0 Å². The maximum Gasteiger partial charge on any atom is 0.123 e. The minimum absolute atomic E-state index is 0.0271. The maximum absolute atomic E-state index is 12.8. The fourth-order valence-electron chi connectivity index (χ4n) is 1.14. The highest BCUT2D eigenvalue weighted by atomic mass is 19.1. The van der Waals surface area contributed by atoms with E-state index in [1.54, 1.807) is 12.1 Å². The topological polar surface area (TPSA) is 0 Å². The molecule has 12 heavy (non-hydrogen) atoms. The summed E-state index contributed by atoms with van der Waals surface area (Å²) in [7, 11) is 0. The summed E-state index contributed by atoms with van der Waals surface area (Å²) in [5, 5.41) is 0. The van der Waals surface area contributed by atoms with Gasteiger partial charge in [0.25, 0.3) is 0 Å². The van der Waals surface area contributed by atoms with Gasteiger partial charge in [-0.25, -0.2) is 4.39 Å². The molecule has 63 valence electrons. The van der Waals surface area contributed by atoms with Crippen molar-refractivity contribution < 1.29 is 4.39 Å². The zero-order chi connectivity index (χ0) is 9.14. The monoisotopic (exact) mass is 163 g/mol. The lowest BCUT2D eigenvalue weighted by Crippen LogP contribution is -1.93. The molecule has 0 bridgehead atoms. The molecule has 1 radical (unpaired) electrons. The van der Waals surface area contributed by atoms with Crippen molar-refractivity contribution in [3.63, 3.8) is 0 Å². The Balaban J connectivity index is 3.12. The third kappa shape index (κ3) is 1.73. The summed E-state index contributed by atoms with van der Waals surface area (Å²) >= 11 is 0. The van der Waals surface area contributed by atoms with Gasteiger partial charge in [0.1, 0.15) is 5.82 Å². The molecule has 1 atom stereocenters. The number of allylic oxidation sites excluding steroid dienone is 1. The molecule has 0 amide bonds. The van der Waals surface area contributed by atoms with E-state index < -0.39 is 0 Å². The van der Waals surface area contributed by atoms with Crippen molar-refractivity contribution in [2.75, 3.05) is 0 Å². The van der Waals surface area contributed by atoms with Gasteiger partial charge in [0.2, 0.25) is 0 Å². The van der Waals surface area contributed by atoms with E-state index in [-0.39, 0.29) is 11.7 Å². The summed E-state index contributed by atoms with van der Waals surface area (Å²) < 4.78 is 12.8. The predicted molar refractivity (Wildman–Crippen MR) is 49.4 cm³/mol. The molecule has 0 heterocycles. The molecule has 1 aromatic carbocycles. The van der Waals surface area contributed by atoms with Crippen LogP contribution in [0.5, 0.6) is 0 Å². The molecule has 1 heteroatoms. The largest absolute Gasteiger partial charge is 0.207 e. The summed E-state index contributed by atoms with van der Waals surface area (Å²) in [5.41, 5.74) is 1.96. The van der Waals surface area contributed by atoms with Crippen LogP contribution in [0.25, 0.3) is 0 Å². The van der Waals surface area contributed by atoms with E-state index in [1.165, 1.54) is 12.1 Å². The SMILES string of the molecule is [CH2]C(C=C)c1cc(F)ccc1C. The van der Waals surface area contributed by atoms with Crippen LogP contribution < -0.4 is 0 Å². The van der Waals surface area contributed by atoms with Gasteiger partial charge in [-0.15, -0.1) is 6.58 Å². The van der Waals surface area contributed by atoms with Crippen LogP contribution in [0.1, 0.15) is 17.0 Å². The van der Waals surface area contributed by atoms with E-state index in [2.05, 4.69) is 13.5 Å². The lowest BCUT2D eigenvalue weighted by Gasteiger charge is -2.09. The molecule has 0 aromatic heterocycles. The van der Waals surface area contributed by atoms with Crippen molar-refractivity contribution >= 4 is 0 Å². The average molecular weight is 163 g/mol. The maximum atomic E-state index is 12.8. The highest BCUT2D eigenvalue weighted by Gasteiger charge is 2.05. The van der Waals surface area contributed by atoms with Crippen molar-refractivity contribution in [3.8, 4) is 0 Å². The van der Waals surface area contributed by atoms with Crippen LogP contribution in [0.3, 0.4) is 0 Å². The van der Waals surface area contributed by atoms with Crippen molar-refractivity contribution in [1.29, 1.82) is 0 Å². The van der Waals surface area contributed by atoms with E-state index in [4.69, 9.17) is 0 Å². The molecule has 0 spiro atoms. The van der Waals surface area contributed by atoms with Gasteiger partial charge in [-0.05, 0) is 37.1 Å². The van der Waals surface area contributed by atoms with Crippen molar-refractivity contribution in [2.24, 2.45) is 0 Å². The zero-order valence-corrected chi connectivity index (χ0v) is 7.18. The number of hydrogen-bond acceptors (Lipinski definition) is 0. The minimum Gasteiger partial charge on any atom is -0.207 e. The Kier molecular flexibility index (Phi) is 2.64. The van der Waals surface area contributed by atoms with Gasteiger partial charge in [-0.2, -0.15) is 0 Å². The summed E-state index contributed by atoms with van der Waals surface area (Å²) in [6.07, 6.45) is 1.71. The first-order valence-corrected chi connectivity index (χ1v) is 3.87. The Hall–Kier alpha value is -1.11. The third-order valence-corrected chi connectivity index (χ3v) is 1.93. The summed E-state index contributed by atoms with van der Waals surface area (Å²) in [4.78, 5) is 0. The molecule has 0 aliphatic heterocycles. The van der Waals surface area contributed by atoms with E-state index in [1.807, 2.05) is 6.92 Å². The summed E-state index contributed by atoms with van der Waals surface area (Å²) in [6.45, 7) is 9.41. The first-order chi connectivity index (χ1) is 5.65. The van der Waals surface area contributed by atoms with Gasteiger partial charge in [0.05, 0.1) is 0 Å². The second kappa shape index (κ2) is 3.53. The van der Waals surface area contributed by atoms with Crippen molar-refractivity contribution in [2.45, 2.75) is 12.8 Å². The highest BCUT2D eigenvalue weighted by Crippen LogP contribution is 2.20. The molecular formula is C11H12F. The fourth-order valence-corrected chi connectivity index (χ4v) is 1.14. The second-order valence-electron chi connectivity index (χ2n) is 2.84. The lowest BCUT2D eigenvalue weighted by atomic mass is 9.97. The van der Waals surface area contributed by atoms with Gasteiger partial charge in [0, 0.05) is 5.92 Å². The van der Waals surface area contributed by atoms with E-state index in [0.717, 1.165) is 11.1 Å². The van der Waals surface area contributed by atoms with Gasteiger partial charge >= 0.3 is 0 Å². The predicted octanol–water partition coefficient (Wildman–Crippen LogP) is 3.24. The first-order valence-electron chi connectivity index (χ1n) is 3.87. The standard InChI is InChI=1S/C11H12F/c1-4-8(2)11-7-10(12)6-5-9(11)3/h4-8H,1-2H2,3H3. The lowest BCUT2D eigenvalue weighted by molar-refractivity contribution is 0.624. The van der Waals surface area contributed by atoms with Gasteiger partial charge in [-0.3, -0.25) is 0 Å². The van der Waals surface area contributed by atoms with Crippen LogP contribution >= 0.6 is 0 Å². The van der Waals surface area contributed by atoms with Gasteiger partial charge in [0.15, 0.2) is 0 Å². The molecule has 1 unspecified atom stereocenters. The van der Waals surface area contributed by atoms with Crippen LogP contribution in [0.4, 0.5) is 4.39 Å². The van der Waals surface area contributed by atoms with Gasteiger partial charge in [-0.1, -0.05) is 12.1 Å². The molecule has 0 nitrogen and oxygen atoms in total. The number of halogens is 1. The summed E-state index contributed by atoms with van der Waals surface area (Å²) in [6, 6.07) is 4.72. The Morgan fingerprint density at radius 2 is 2.17 bits per heavy atom. The van der Waals surface area contributed by atoms with Gasteiger partial charge < -0.3 is 0 Å². The first kappa shape index (κ1) is 8.98. The summed E-state index contributed by atoms with van der Waals surface area (Å²) in [5.74, 6) is -0.244.